The number of alkyl halides is 1. The van der Waals surface area contributed by atoms with Crippen molar-refractivity contribution in [3.05, 3.63) is 18.7 Å². The number of rotatable bonds is 5. The van der Waals surface area contributed by atoms with Gasteiger partial charge in [0.25, 0.3) is 0 Å². The van der Waals surface area contributed by atoms with E-state index in [9.17, 15) is 0 Å². The lowest BCUT2D eigenvalue weighted by atomic mass is 9.94. The fraction of sp³-hybridized carbons (Fsp3) is 0.769. The number of aryl methyl sites for hydroxylation is 1. The minimum absolute atomic E-state index is 0.336. The predicted octanol–water partition coefficient (Wildman–Crippen LogP) is 2.61. The van der Waals surface area contributed by atoms with Gasteiger partial charge in [-0.3, -0.25) is 0 Å². The first kappa shape index (κ1) is 12.9. The fourth-order valence-corrected chi connectivity index (χ4v) is 2.78. The maximum Gasteiger partial charge on any atom is 0.0945 e. The summed E-state index contributed by atoms with van der Waals surface area (Å²) in [6, 6.07) is 0. The van der Waals surface area contributed by atoms with Crippen molar-refractivity contribution in [1.82, 2.24) is 14.5 Å². The number of imidazole rings is 1. The van der Waals surface area contributed by atoms with E-state index in [1.54, 1.807) is 0 Å². The molecule has 1 aromatic rings. The Labute approximate surface area is 109 Å². The van der Waals surface area contributed by atoms with Crippen LogP contribution in [0.5, 0.6) is 0 Å². The van der Waals surface area contributed by atoms with Crippen molar-refractivity contribution in [2.24, 2.45) is 5.92 Å². The van der Waals surface area contributed by atoms with Gasteiger partial charge in [-0.2, -0.15) is 0 Å². The van der Waals surface area contributed by atoms with E-state index < -0.39 is 0 Å². The zero-order valence-corrected chi connectivity index (χ0v) is 11.3. The van der Waals surface area contributed by atoms with E-state index in [4.69, 9.17) is 11.6 Å². The van der Waals surface area contributed by atoms with Gasteiger partial charge in [-0.25, -0.2) is 4.98 Å². The van der Waals surface area contributed by atoms with Crippen molar-refractivity contribution < 1.29 is 0 Å². The van der Waals surface area contributed by atoms with Crippen LogP contribution in [0.15, 0.2) is 18.7 Å². The molecule has 0 aliphatic carbocycles. The molecule has 1 fully saturated rings. The van der Waals surface area contributed by atoms with Crippen LogP contribution in [0.2, 0.25) is 0 Å². The van der Waals surface area contributed by atoms with E-state index >= 15 is 0 Å². The second-order valence-electron chi connectivity index (χ2n) is 5.01. The predicted molar refractivity (Wildman–Crippen MR) is 71.3 cm³/mol. The second kappa shape index (κ2) is 6.41. The number of piperidine rings is 1. The van der Waals surface area contributed by atoms with Crippen molar-refractivity contribution in [2.45, 2.75) is 38.1 Å². The summed E-state index contributed by atoms with van der Waals surface area (Å²) in [6.07, 6.45) is 9.49. The van der Waals surface area contributed by atoms with E-state index in [1.807, 2.05) is 18.7 Å². The summed E-state index contributed by atoms with van der Waals surface area (Å²) in [6.45, 7) is 6.83. The van der Waals surface area contributed by atoms with E-state index in [2.05, 4.69) is 21.4 Å². The number of aromatic nitrogens is 2. The van der Waals surface area contributed by atoms with Gasteiger partial charge in [-0.1, -0.05) is 0 Å². The summed E-state index contributed by atoms with van der Waals surface area (Å²) in [5, 5.41) is 0.336. The van der Waals surface area contributed by atoms with Crippen molar-refractivity contribution in [1.29, 1.82) is 0 Å². The smallest absolute Gasteiger partial charge is 0.0945 e. The van der Waals surface area contributed by atoms with Crippen molar-refractivity contribution in [2.75, 3.05) is 19.6 Å². The third-order valence-electron chi connectivity index (χ3n) is 3.73. The number of hydrogen-bond donors (Lipinski definition) is 0. The number of halogens is 1. The quantitative estimate of drug-likeness (QED) is 0.755. The van der Waals surface area contributed by atoms with Crippen LogP contribution in [0.4, 0.5) is 0 Å². The van der Waals surface area contributed by atoms with Crippen LogP contribution in [0.3, 0.4) is 0 Å². The van der Waals surface area contributed by atoms with Gasteiger partial charge in [-0.05, 0) is 51.7 Å². The molecule has 3 nitrogen and oxygen atoms in total. The maximum absolute atomic E-state index is 6.15. The van der Waals surface area contributed by atoms with Crippen LogP contribution >= 0.6 is 11.6 Å². The molecular formula is C13H22ClN3. The first-order valence-electron chi connectivity index (χ1n) is 6.58. The van der Waals surface area contributed by atoms with Gasteiger partial charge < -0.3 is 9.47 Å². The summed E-state index contributed by atoms with van der Waals surface area (Å²) in [5.74, 6) is 0.724. The van der Waals surface area contributed by atoms with Crippen LogP contribution in [0.25, 0.3) is 0 Å². The highest BCUT2D eigenvalue weighted by molar-refractivity contribution is 6.20. The second-order valence-corrected chi connectivity index (χ2v) is 5.70. The molecule has 1 saturated heterocycles. The van der Waals surface area contributed by atoms with Crippen LogP contribution < -0.4 is 0 Å². The molecule has 1 aliphatic heterocycles. The molecule has 4 heteroatoms. The topological polar surface area (TPSA) is 21.1 Å². The molecule has 1 aromatic heterocycles. The lowest BCUT2D eigenvalue weighted by molar-refractivity contribution is 0.179. The Hall–Kier alpha value is -0.540. The van der Waals surface area contributed by atoms with Gasteiger partial charge in [0.2, 0.25) is 0 Å². The van der Waals surface area contributed by atoms with Gasteiger partial charge >= 0.3 is 0 Å². The highest BCUT2D eigenvalue weighted by Crippen LogP contribution is 2.23. The highest BCUT2D eigenvalue weighted by atomic mass is 35.5. The highest BCUT2D eigenvalue weighted by Gasteiger charge is 2.21. The average molecular weight is 256 g/mol. The summed E-state index contributed by atoms with van der Waals surface area (Å²) in [7, 11) is 0. The SMILES string of the molecule is CC(Cl)C1CCN(CCCn2ccnc2)CC1. The summed E-state index contributed by atoms with van der Waals surface area (Å²) < 4.78 is 2.15. The van der Waals surface area contributed by atoms with Gasteiger partial charge in [0.05, 0.1) is 6.33 Å². The van der Waals surface area contributed by atoms with Crippen LogP contribution in [0.1, 0.15) is 26.2 Å². The molecule has 2 rings (SSSR count). The lowest BCUT2D eigenvalue weighted by Gasteiger charge is -2.33. The molecule has 0 amide bonds. The minimum Gasteiger partial charge on any atom is -0.337 e. The first-order valence-corrected chi connectivity index (χ1v) is 7.01. The summed E-state index contributed by atoms with van der Waals surface area (Å²) >= 11 is 6.15. The monoisotopic (exact) mass is 255 g/mol. The van der Waals surface area contributed by atoms with Crippen molar-refractivity contribution in [3.8, 4) is 0 Å². The molecule has 96 valence electrons. The summed E-state index contributed by atoms with van der Waals surface area (Å²) in [4.78, 5) is 6.61. The molecule has 1 atom stereocenters. The standard InChI is InChI=1S/C13H22ClN3/c1-12(14)13-3-8-16(9-4-13)6-2-7-17-10-5-15-11-17/h5,10-13H,2-4,6-9H2,1H3. The minimum atomic E-state index is 0.336. The Balaban J connectivity index is 1.62. The Bertz CT molecular complexity index is 302. The van der Waals surface area contributed by atoms with E-state index in [1.165, 1.54) is 38.9 Å². The largest absolute Gasteiger partial charge is 0.337 e. The number of nitrogens with zero attached hydrogens (tertiary/aromatic N) is 3. The molecule has 0 aromatic carbocycles. The van der Waals surface area contributed by atoms with Gasteiger partial charge in [0.15, 0.2) is 0 Å². The molecule has 1 aliphatic rings. The fourth-order valence-electron chi connectivity index (χ4n) is 2.53. The lowest BCUT2D eigenvalue weighted by Crippen LogP contribution is -2.36. The van der Waals surface area contributed by atoms with Gasteiger partial charge in [0, 0.05) is 24.3 Å². The molecule has 0 spiro atoms. The van der Waals surface area contributed by atoms with Crippen LogP contribution in [-0.2, 0) is 6.54 Å². The van der Waals surface area contributed by atoms with Crippen molar-refractivity contribution >= 4 is 11.6 Å². The molecule has 1 unspecified atom stereocenters. The third-order valence-corrected chi connectivity index (χ3v) is 4.09. The zero-order valence-electron chi connectivity index (χ0n) is 10.6. The van der Waals surface area contributed by atoms with Crippen LogP contribution in [0, 0.1) is 5.92 Å². The molecule has 0 saturated carbocycles. The number of likely N-dealkylation sites (tertiary alicyclic amines) is 1. The molecule has 17 heavy (non-hydrogen) atoms. The molecule has 2 heterocycles. The Morgan fingerprint density at radius 2 is 2.12 bits per heavy atom. The zero-order chi connectivity index (χ0) is 12.1. The Morgan fingerprint density at radius 3 is 2.71 bits per heavy atom. The third kappa shape index (κ3) is 4.00. The van der Waals surface area contributed by atoms with Crippen LogP contribution in [-0.4, -0.2) is 39.5 Å². The normalized spacial score (nSPS) is 20.6. The average Bonchev–Trinajstić information content (AvgIpc) is 2.83. The molecule has 0 radical (unpaired) electrons. The number of hydrogen-bond acceptors (Lipinski definition) is 2. The molecule has 0 bridgehead atoms. The molecule has 0 N–H and O–H groups in total. The van der Waals surface area contributed by atoms with Crippen molar-refractivity contribution in [3.63, 3.8) is 0 Å². The summed E-state index contributed by atoms with van der Waals surface area (Å²) in [5.41, 5.74) is 0. The molecular weight excluding hydrogens is 234 g/mol. The Morgan fingerprint density at radius 1 is 1.35 bits per heavy atom. The van der Waals surface area contributed by atoms with Gasteiger partial charge in [0.1, 0.15) is 0 Å². The van der Waals surface area contributed by atoms with E-state index in [0.717, 1.165) is 12.5 Å². The van der Waals surface area contributed by atoms with Gasteiger partial charge in [-0.15, -0.1) is 11.6 Å². The van der Waals surface area contributed by atoms with E-state index in [-0.39, 0.29) is 0 Å². The maximum atomic E-state index is 6.15. The first-order chi connectivity index (χ1) is 8.25. The van der Waals surface area contributed by atoms with E-state index in [0.29, 0.717) is 5.38 Å². The Kier molecular flexibility index (Phi) is 4.86.